The largest absolute Gasteiger partial charge is 0.335 e. The number of hydrogen-bond donors (Lipinski definition) is 2. The molecule has 4 nitrogen and oxygen atoms in total. The fraction of sp³-hybridized carbons (Fsp3) is 0.714. The van der Waals surface area contributed by atoms with Crippen molar-refractivity contribution in [1.29, 1.82) is 0 Å². The molecule has 1 aromatic rings. The monoisotopic (exact) mass is 313 g/mol. The molecule has 20 heavy (non-hydrogen) atoms. The van der Waals surface area contributed by atoms with Gasteiger partial charge in [0.05, 0.1) is 17.2 Å². The maximum Gasteiger partial charge on any atom is 0.315 e. The van der Waals surface area contributed by atoms with E-state index >= 15 is 0 Å². The van der Waals surface area contributed by atoms with Crippen LogP contribution in [0.3, 0.4) is 0 Å². The Balaban J connectivity index is 1.72. The van der Waals surface area contributed by atoms with E-state index < -0.39 is 0 Å². The molecule has 2 rings (SSSR count). The molecule has 0 unspecified atom stereocenters. The summed E-state index contributed by atoms with van der Waals surface area (Å²) in [7, 11) is 0. The van der Waals surface area contributed by atoms with Crippen molar-refractivity contribution in [1.82, 2.24) is 15.6 Å². The molecule has 1 saturated carbocycles. The van der Waals surface area contributed by atoms with Crippen LogP contribution in [0.4, 0.5) is 4.79 Å². The van der Waals surface area contributed by atoms with Crippen LogP contribution < -0.4 is 10.6 Å². The number of urea groups is 1. The van der Waals surface area contributed by atoms with E-state index in [1.165, 1.54) is 6.42 Å². The van der Waals surface area contributed by atoms with Gasteiger partial charge in [-0.3, -0.25) is 0 Å². The summed E-state index contributed by atoms with van der Waals surface area (Å²) in [6.45, 7) is 4.77. The summed E-state index contributed by atoms with van der Waals surface area (Å²) in [5.41, 5.74) is 0.947. The summed E-state index contributed by atoms with van der Waals surface area (Å²) in [4.78, 5) is 16.4. The van der Waals surface area contributed by atoms with Gasteiger partial charge >= 0.3 is 6.03 Å². The Hall–Kier alpha value is -0.750. The zero-order valence-electron chi connectivity index (χ0n) is 12.3. The van der Waals surface area contributed by atoms with Gasteiger partial charge in [-0.2, -0.15) is 11.8 Å². The quantitative estimate of drug-likeness (QED) is 0.876. The second-order valence-corrected chi connectivity index (χ2v) is 7.55. The van der Waals surface area contributed by atoms with Crippen LogP contribution in [0.25, 0.3) is 0 Å². The molecule has 1 aliphatic carbocycles. The third-order valence-corrected chi connectivity index (χ3v) is 5.84. The number of carbonyl (C=O) groups excluding carboxylic acids is 1. The molecule has 6 heteroatoms. The molecule has 0 aliphatic heterocycles. The lowest BCUT2D eigenvalue weighted by atomic mass is 10.2. The highest BCUT2D eigenvalue weighted by Gasteiger charge is 2.24. The lowest BCUT2D eigenvalue weighted by Crippen LogP contribution is -2.40. The van der Waals surface area contributed by atoms with Crippen LogP contribution in [0.5, 0.6) is 0 Å². The van der Waals surface area contributed by atoms with Crippen molar-refractivity contribution in [2.45, 2.75) is 56.9 Å². The summed E-state index contributed by atoms with van der Waals surface area (Å²) in [6, 6.07) is 0.255. The fourth-order valence-electron chi connectivity index (χ4n) is 2.36. The van der Waals surface area contributed by atoms with Crippen LogP contribution in [0, 0.1) is 0 Å². The first kappa shape index (κ1) is 15.6. The molecule has 2 amide bonds. The summed E-state index contributed by atoms with van der Waals surface area (Å²) in [6.07, 6.45) is 5.52. The first-order valence-electron chi connectivity index (χ1n) is 7.10. The minimum atomic E-state index is -0.0733. The second-order valence-electron chi connectivity index (χ2n) is 5.53. The third kappa shape index (κ3) is 4.38. The first-order valence-corrected chi connectivity index (χ1v) is 9.26. The summed E-state index contributed by atoms with van der Waals surface area (Å²) in [5.74, 6) is 0.449. The SMILES string of the molecule is CS[C@H]1CC[C@@H](NC(=O)NCc2csc(C(C)C)n2)C1. The van der Waals surface area contributed by atoms with Gasteiger partial charge in [-0.25, -0.2) is 9.78 Å². The summed E-state index contributed by atoms with van der Waals surface area (Å²) >= 11 is 3.56. The topological polar surface area (TPSA) is 54.0 Å². The molecule has 0 spiro atoms. The van der Waals surface area contributed by atoms with Gasteiger partial charge in [0.25, 0.3) is 0 Å². The number of aromatic nitrogens is 1. The van der Waals surface area contributed by atoms with Crippen molar-refractivity contribution in [2.24, 2.45) is 0 Å². The maximum absolute atomic E-state index is 11.9. The number of rotatable bonds is 5. The van der Waals surface area contributed by atoms with Crippen molar-refractivity contribution >= 4 is 29.1 Å². The standard InChI is InChI=1S/C14H23N3OS2/c1-9(2)13-16-11(8-20-13)7-15-14(18)17-10-4-5-12(6-10)19-3/h8-10,12H,4-7H2,1-3H3,(H2,15,17,18)/t10-,12+/m1/s1. The van der Waals surface area contributed by atoms with Crippen molar-refractivity contribution in [2.75, 3.05) is 6.26 Å². The van der Waals surface area contributed by atoms with Crippen LogP contribution in [0.2, 0.25) is 0 Å². The predicted octanol–water partition coefficient (Wildman–Crippen LogP) is 3.35. The van der Waals surface area contributed by atoms with Crippen molar-refractivity contribution in [3.05, 3.63) is 16.1 Å². The van der Waals surface area contributed by atoms with Gasteiger partial charge < -0.3 is 10.6 Å². The number of thiazole rings is 1. The fourth-order valence-corrected chi connectivity index (χ4v) is 3.99. The van der Waals surface area contributed by atoms with E-state index in [-0.39, 0.29) is 6.03 Å². The number of hydrogen-bond acceptors (Lipinski definition) is 4. The molecule has 2 N–H and O–H groups in total. The number of thioether (sulfide) groups is 1. The second kappa shape index (κ2) is 7.31. The Morgan fingerprint density at radius 2 is 2.35 bits per heavy atom. The summed E-state index contributed by atoms with van der Waals surface area (Å²) < 4.78 is 0. The molecular formula is C14H23N3OS2. The van der Waals surface area contributed by atoms with Gasteiger partial charge in [-0.15, -0.1) is 11.3 Å². The van der Waals surface area contributed by atoms with Crippen molar-refractivity contribution < 1.29 is 4.79 Å². The lowest BCUT2D eigenvalue weighted by molar-refractivity contribution is 0.236. The average Bonchev–Trinajstić information content (AvgIpc) is 3.05. The van der Waals surface area contributed by atoms with E-state index in [9.17, 15) is 4.79 Å². The van der Waals surface area contributed by atoms with Crippen LogP contribution >= 0.6 is 23.1 Å². The van der Waals surface area contributed by atoms with Gasteiger partial charge in [0, 0.05) is 22.6 Å². The minimum absolute atomic E-state index is 0.0733. The molecule has 2 atom stereocenters. The lowest BCUT2D eigenvalue weighted by Gasteiger charge is -2.13. The predicted molar refractivity (Wildman–Crippen MR) is 86.5 cm³/mol. The molecule has 0 bridgehead atoms. The number of carbonyl (C=O) groups is 1. The molecule has 1 aliphatic rings. The minimum Gasteiger partial charge on any atom is -0.335 e. The number of nitrogens with one attached hydrogen (secondary N) is 2. The van der Waals surface area contributed by atoms with E-state index in [4.69, 9.17) is 0 Å². The zero-order valence-corrected chi connectivity index (χ0v) is 13.9. The Kier molecular flexibility index (Phi) is 5.72. The molecule has 1 heterocycles. The van der Waals surface area contributed by atoms with E-state index in [2.05, 4.69) is 35.7 Å². The Morgan fingerprint density at radius 3 is 2.95 bits per heavy atom. The van der Waals surface area contributed by atoms with Gasteiger partial charge in [0.1, 0.15) is 0 Å². The first-order chi connectivity index (χ1) is 9.58. The van der Waals surface area contributed by atoms with Gasteiger partial charge in [-0.1, -0.05) is 13.8 Å². The molecule has 0 aromatic carbocycles. The Morgan fingerprint density at radius 1 is 1.55 bits per heavy atom. The average molecular weight is 313 g/mol. The highest BCUT2D eigenvalue weighted by molar-refractivity contribution is 7.99. The van der Waals surface area contributed by atoms with Gasteiger partial charge in [0.2, 0.25) is 0 Å². The van der Waals surface area contributed by atoms with Crippen molar-refractivity contribution in [3.63, 3.8) is 0 Å². The zero-order chi connectivity index (χ0) is 14.5. The Labute approximate surface area is 129 Å². The molecule has 1 fully saturated rings. The van der Waals surface area contributed by atoms with E-state index in [0.717, 1.165) is 23.5 Å². The highest BCUT2D eigenvalue weighted by Crippen LogP contribution is 2.28. The van der Waals surface area contributed by atoms with E-state index in [1.54, 1.807) is 11.3 Å². The molecular weight excluding hydrogens is 290 g/mol. The normalized spacial score (nSPS) is 22.2. The van der Waals surface area contributed by atoms with Crippen LogP contribution in [-0.2, 0) is 6.54 Å². The summed E-state index contributed by atoms with van der Waals surface area (Å²) in [5, 5.41) is 9.80. The smallest absolute Gasteiger partial charge is 0.315 e. The third-order valence-electron chi connectivity index (χ3n) is 3.55. The molecule has 0 saturated heterocycles. The van der Waals surface area contributed by atoms with E-state index in [0.29, 0.717) is 23.8 Å². The highest BCUT2D eigenvalue weighted by atomic mass is 32.2. The number of nitrogens with zero attached hydrogens (tertiary/aromatic N) is 1. The molecule has 112 valence electrons. The van der Waals surface area contributed by atoms with Crippen LogP contribution in [0.15, 0.2) is 5.38 Å². The maximum atomic E-state index is 11.9. The van der Waals surface area contributed by atoms with Crippen LogP contribution in [0.1, 0.15) is 49.7 Å². The van der Waals surface area contributed by atoms with E-state index in [1.807, 2.05) is 17.1 Å². The number of amides is 2. The Bertz CT molecular complexity index is 447. The van der Waals surface area contributed by atoms with Gasteiger partial charge in [0.15, 0.2) is 0 Å². The molecule has 1 aromatic heterocycles. The molecule has 0 radical (unpaired) electrons. The van der Waals surface area contributed by atoms with Crippen molar-refractivity contribution in [3.8, 4) is 0 Å². The van der Waals surface area contributed by atoms with Crippen LogP contribution in [-0.4, -0.2) is 28.6 Å². The van der Waals surface area contributed by atoms with Gasteiger partial charge in [-0.05, 0) is 25.5 Å².